The number of benzene rings is 1. The first kappa shape index (κ1) is 18.2. The molecule has 2 aliphatic heterocycles. The number of carbonyl (C=O) groups excluding carboxylic acids is 3. The summed E-state index contributed by atoms with van der Waals surface area (Å²) in [4.78, 5) is 44.2. The van der Waals surface area contributed by atoms with Crippen LogP contribution in [0.1, 0.15) is 19.4 Å². The normalized spacial score (nSPS) is 22.7. The lowest BCUT2D eigenvalue weighted by atomic mass is 10.1. The summed E-state index contributed by atoms with van der Waals surface area (Å²) >= 11 is 0. The average Bonchev–Trinajstić information content (AvgIpc) is 2.93. The molecule has 140 valence electrons. The van der Waals surface area contributed by atoms with E-state index >= 15 is 0 Å². The Morgan fingerprint density at radius 2 is 1.88 bits per heavy atom. The number of piperazine rings is 1. The first-order valence-electron chi connectivity index (χ1n) is 9.06. The number of rotatable bonds is 5. The van der Waals surface area contributed by atoms with E-state index in [0.717, 1.165) is 5.56 Å². The Morgan fingerprint density at radius 3 is 2.54 bits per heavy atom. The van der Waals surface area contributed by atoms with Crippen molar-refractivity contribution in [3.05, 3.63) is 35.9 Å². The second-order valence-electron chi connectivity index (χ2n) is 7.01. The highest BCUT2D eigenvalue weighted by Crippen LogP contribution is 2.25. The fourth-order valence-corrected chi connectivity index (χ4v) is 3.79. The smallest absolute Gasteiger partial charge is 0.321 e. The molecular weight excluding hydrogens is 332 g/mol. The quantitative estimate of drug-likeness (QED) is 0.789. The van der Waals surface area contributed by atoms with Crippen LogP contribution in [0.3, 0.4) is 0 Å². The topological polar surface area (TPSA) is 64.2 Å². The van der Waals surface area contributed by atoms with Crippen molar-refractivity contribution >= 4 is 17.8 Å². The van der Waals surface area contributed by atoms with Gasteiger partial charge in [-0.15, -0.1) is 0 Å². The molecular formula is C19H26N4O3. The Morgan fingerprint density at radius 1 is 1.19 bits per heavy atom. The maximum Gasteiger partial charge on any atom is 0.321 e. The van der Waals surface area contributed by atoms with Crippen LogP contribution in [0.4, 0.5) is 4.79 Å². The molecule has 0 saturated carbocycles. The zero-order valence-corrected chi connectivity index (χ0v) is 15.6. The van der Waals surface area contributed by atoms with Gasteiger partial charge in [-0.2, -0.15) is 0 Å². The molecule has 2 fully saturated rings. The lowest BCUT2D eigenvalue weighted by molar-refractivity contribution is -0.139. The van der Waals surface area contributed by atoms with E-state index < -0.39 is 6.04 Å². The van der Waals surface area contributed by atoms with E-state index in [1.807, 2.05) is 37.3 Å². The summed E-state index contributed by atoms with van der Waals surface area (Å²) in [6.45, 7) is 5.85. The number of hydrogen-bond acceptors (Lipinski definition) is 3. The molecule has 0 N–H and O–H groups in total. The van der Waals surface area contributed by atoms with Crippen LogP contribution in [-0.2, 0) is 16.1 Å². The minimum Gasteiger partial charge on any atom is -0.342 e. The highest BCUT2D eigenvalue weighted by Gasteiger charge is 2.47. The zero-order chi connectivity index (χ0) is 18.8. The summed E-state index contributed by atoms with van der Waals surface area (Å²) in [5, 5.41) is 0. The number of amides is 4. The third-order valence-electron chi connectivity index (χ3n) is 5.23. The minimum atomic E-state index is -0.474. The third-order valence-corrected chi connectivity index (χ3v) is 5.23. The molecule has 0 spiro atoms. The standard InChI is InChI=1S/C19H26N4O3/c1-4-21(10-15-8-6-5-7-9-15)17(24)13-22-12-16-11-20(3)18(25)14(2)23(16)19(22)26/h5-9,14,16H,4,10-13H2,1-3H3/t14-,16-/m0/s1. The second kappa shape index (κ2) is 7.35. The van der Waals surface area contributed by atoms with Crippen molar-refractivity contribution < 1.29 is 14.4 Å². The molecule has 4 amide bonds. The van der Waals surface area contributed by atoms with E-state index in [9.17, 15) is 14.4 Å². The summed E-state index contributed by atoms with van der Waals surface area (Å²) in [6.07, 6.45) is 0. The molecule has 0 aliphatic carbocycles. The van der Waals surface area contributed by atoms with Crippen LogP contribution in [0.25, 0.3) is 0 Å². The molecule has 2 saturated heterocycles. The molecule has 1 aromatic rings. The van der Waals surface area contributed by atoms with Gasteiger partial charge in [-0.25, -0.2) is 4.79 Å². The predicted octanol–water partition coefficient (Wildman–Crippen LogP) is 1.00. The molecule has 0 unspecified atom stereocenters. The fourth-order valence-electron chi connectivity index (χ4n) is 3.79. The van der Waals surface area contributed by atoms with Gasteiger partial charge in [-0.05, 0) is 19.4 Å². The van der Waals surface area contributed by atoms with Crippen molar-refractivity contribution in [2.45, 2.75) is 32.5 Å². The molecule has 26 heavy (non-hydrogen) atoms. The summed E-state index contributed by atoms with van der Waals surface area (Å²) in [7, 11) is 1.76. The molecule has 2 aliphatic rings. The highest BCUT2D eigenvalue weighted by molar-refractivity contribution is 5.91. The third kappa shape index (κ3) is 3.38. The van der Waals surface area contributed by atoms with E-state index in [4.69, 9.17) is 0 Å². The van der Waals surface area contributed by atoms with Gasteiger partial charge in [0.15, 0.2) is 0 Å². The molecule has 0 aromatic heterocycles. The Balaban J connectivity index is 1.65. The summed E-state index contributed by atoms with van der Waals surface area (Å²) in [5.74, 6) is -0.126. The Labute approximate surface area is 154 Å². The molecule has 0 radical (unpaired) electrons. The molecule has 7 nitrogen and oxygen atoms in total. The SMILES string of the molecule is CCN(Cc1ccccc1)C(=O)CN1C[C@@H]2CN(C)C(=O)[C@H](C)N2C1=O. The van der Waals surface area contributed by atoms with Gasteiger partial charge in [0.25, 0.3) is 0 Å². The first-order chi connectivity index (χ1) is 12.4. The maximum atomic E-state index is 12.7. The van der Waals surface area contributed by atoms with Crippen LogP contribution in [0.15, 0.2) is 30.3 Å². The number of hydrogen-bond donors (Lipinski definition) is 0. The van der Waals surface area contributed by atoms with Crippen molar-refractivity contribution in [1.29, 1.82) is 0 Å². The number of nitrogens with zero attached hydrogens (tertiary/aromatic N) is 4. The van der Waals surface area contributed by atoms with Crippen LogP contribution in [0.2, 0.25) is 0 Å². The number of likely N-dealkylation sites (N-methyl/N-ethyl adjacent to an activating group) is 2. The lowest BCUT2D eigenvalue weighted by Gasteiger charge is -2.38. The van der Waals surface area contributed by atoms with Crippen LogP contribution >= 0.6 is 0 Å². The fraction of sp³-hybridized carbons (Fsp3) is 0.526. The lowest BCUT2D eigenvalue weighted by Crippen LogP contribution is -2.58. The number of fused-ring (bicyclic) bond motifs is 1. The van der Waals surface area contributed by atoms with Gasteiger partial charge in [0.05, 0.1) is 6.04 Å². The van der Waals surface area contributed by atoms with E-state index in [1.54, 1.807) is 33.6 Å². The molecule has 0 bridgehead atoms. The van der Waals surface area contributed by atoms with Gasteiger partial charge in [0, 0.05) is 33.2 Å². The van der Waals surface area contributed by atoms with Crippen LogP contribution in [0, 0.1) is 0 Å². The van der Waals surface area contributed by atoms with Gasteiger partial charge >= 0.3 is 6.03 Å². The van der Waals surface area contributed by atoms with E-state index in [2.05, 4.69) is 0 Å². The largest absolute Gasteiger partial charge is 0.342 e. The van der Waals surface area contributed by atoms with Crippen LogP contribution in [0.5, 0.6) is 0 Å². The number of urea groups is 1. The van der Waals surface area contributed by atoms with Crippen LogP contribution in [-0.4, -0.2) is 82.8 Å². The predicted molar refractivity (Wildman–Crippen MR) is 97.2 cm³/mol. The van der Waals surface area contributed by atoms with Gasteiger partial charge in [-0.3, -0.25) is 9.59 Å². The van der Waals surface area contributed by atoms with Gasteiger partial charge in [0.1, 0.15) is 12.6 Å². The van der Waals surface area contributed by atoms with Crippen molar-refractivity contribution in [3.8, 4) is 0 Å². The molecule has 2 atom stereocenters. The Hall–Kier alpha value is -2.57. The van der Waals surface area contributed by atoms with Crippen molar-refractivity contribution in [2.24, 2.45) is 0 Å². The van der Waals surface area contributed by atoms with Gasteiger partial charge in [0.2, 0.25) is 11.8 Å². The van der Waals surface area contributed by atoms with Crippen molar-refractivity contribution in [2.75, 3.05) is 33.2 Å². The minimum absolute atomic E-state index is 0.0443. The van der Waals surface area contributed by atoms with E-state index in [0.29, 0.717) is 26.2 Å². The van der Waals surface area contributed by atoms with E-state index in [-0.39, 0.29) is 30.4 Å². The number of carbonyl (C=O) groups is 3. The molecule has 3 rings (SSSR count). The Kier molecular flexibility index (Phi) is 5.15. The summed E-state index contributed by atoms with van der Waals surface area (Å²) in [5.41, 5.74) is 1.06. The average molecular weight is 358 g/mol. The highest BCUT2D eigenvalue weighted by atomic mass is 16.2. The zero-order valence-electron chi connectivity index (χ0n) is 15.6. The maximum absolute atomic E-state index is 12.7. The van der Waals surface area contributed by atoms with Gasteiger partial charge in [-0.1, -0.05) is 30.3 Å². The molecule has 1 aromatic carbocycles. The summed E-state index contributed by atoms with van der Waals surface area (Å²) < 4.78 is 0. The monoisotopic (exact) mass is 358 g/mol. The summed E-state index contributed by atoms with van der Waals surface area (Å²) in [6, 6.07) is 9.08. The van der Waals surface area contributed by atoms with Crippen molar-refractivity contribution in [1.82, 2.24) is 19.6 Å². The molecule has 2 heterocycles. The van der Waals surface area contributed by atoms with Crippen LogP contribution < -0.4 is 0 Å². The molecule has 7 heteroatoms. The van der Waals surface area contributed by atoms with Gasteiger partial charge < -0.3 is 19.6 Å². The van der Waals surface area contributed by atoms with Crippen molar-refractivity contribution in [3.63, 3.8) is 0 Å². The first-order valence-corrected chi connectivity index (χ1v) is 9.06. The Bertz CT molecular complexity index is 693. The second-order valence-corrected chi connectivity index (χ2v) is 7.01. The van der Waals surface area contributed by atoms with E-state index in [1.165, 1.54) is 0 Å².